The number of amidine groups is 1. The van der Waals surface area contributed by atoms with Gasteiger partial charge in [-0.15, -0.1) is 0 Å². The SMILES string of the molecule is CC(C)NC(=O)NC(=O)C(C)OC(=O)CN=C1NS(=O)(=O)c2ccccc21. The van der Waals surface area contributed by atoms with Crippen LogP contribution in [0.3, 0.4) is 0 Å². The molecule has 0 aliphatic carbocycles. The first-order chi connectivity index (χ1) is 12.6. The number of esters is 1. The van der Waals surface area contributed by atoms with E-state index in [4.69, 9.17) is 4.74 Å². The Morgan fingerprint density at radius 1 is 1.19 bits per heavy atom. The fourth-order valence-electron chi connectivity index (χ4n) is 2.19. The molecular formula is C16H20N4O6S. The number of nitrogens with zero attached hydrogens (tertiary/aromatic N) is 1. The molecule has 1 aliphatic heterocycles. The van der Waals surface area contributed by atoms with Crippen molar-refractivity contribution in [1.82, 2.24) is 15.4 Å². The van der Waals surface area contributed by atoms with Crippen LogP contribution in [-0.2, 0) is 24.3 Å². The van der Waals surface area contributed by atoms with Gasteiger partial charge in [0.05, 0.1) is 4.90 Å². The molecule has 1 aliphatic rings. The highest BCUT2D eigenvalue weighted by molar-refractivity contribution is 7.90. The van der Waals surface area contributed by atoms with Crippen LogP contribution in [0, 0.1) is 0 Å². The third-order valence-electron chi connectivity index (χ3n) is 3.36. The molecule has 1 aromatic rings. The summed E-state index contributed by atoms with van der Waals surface area (Å²) in [6.45, 7) is 4.25. The Morgan fingerprint density at radius 2 is 1.85 bits per heavy atom. The lowest BCUT2D eigenvalue weighted by molar-refractivity contribution is -0.153. The number of carbonyl (C=O) groups excluding carboxylic acids is 3. The standard InChI is InChI=1S/C16H20N4O6S/c1-9(2)18-16(23)19-15(22)10(3)26-13(21)8-17-14-11-6-4-5-7-12(11)27(24,25)20-14/h4-7,9-10H,8H2,1-3H3,(H,17,20)(H2,18,19,22,23). The topological polar surface area (TPSA) is 143 Å². The van der Waals surface area contributed by atoms with E-state index in [0.717, 1.165) is 0 Å². The quantitative estimate of drug-likeness (QED) is 0.593. The molecular weight excluding hydrogens is 376 g/mol. The van der Waals surface area contributed by atoms with Gasteiger partial charge in [0.15, 0.2) is 6.10 Å². The Kier molecular flexibility index (Phi) is 6.16. The summed E-state index contributed by atoms with van der Waals surface area (Å²) in [4.78, 5) is 39.1. The highest BCUT2D eigenvalue weighted by Gasteiger charge is 2.30. The molecule has 2 rings (SSSR count). The van der Waals surface area contributed by atoms with Crippen molar-refractivity contribution in [3.8, 4) is 0 Å². The summed E-state index contributed by atoms with van der Waals surface area (Å²) in [7, 11) is -3.70. The van der Waals surface area contributed by atoms with Crippen LogP contribution in [0.5, 0.6) is 0 Å². The van der Waals surface area contributed by atoms with Crippen molar-refractivity contribution in [3.63, 3.8) is 0 Å². The van der Waals surface area contributed by atoms with Gasteiger partial charge in [-0.2, -0.15) is 0 Å². The van der Waals surface area contributed by atoms with Crippen LogP contribution in [0.1, 0.15) is 26.3 Å². The summed E-state index contributed by atoms with van der Waals surface area (Å²) in [5, 5.41) is 4.51. The number of fused-ring (bicyclic) bond motifs is 1. The number of hydrogen-bond acceptors (Lipinski definition) is 7. The van der Waals surface area contributed by atoms with Crippen LogP contribution in [0.4, 0.5) is 4.79 Å². The van der Waals surface area contributed by atoms with E-state index in [1.165, 1.54) is 13.0 Å². The van der Waals surface area contributed by atoms with Crippen molar-refractivity contribution in [2.45, 2.75) is 37.8 Å². The summed E-state index contributed by atoms with van der Waals surface area (Å²) in [6, 6.07) is 5.34. The van der Waals surface area contributed by atoms with Gasteiger partial charge in [0.25, 0.3) is 15.9 Å². The largest absolute Gasteiger partial charge is 0.451 e. The Morgan fingerprint density at radius 3 is 2.52 bits per heavy atom. The lowest BCUT2D eigenvalue weighted by atomic mass is 10.2. The van der Waals surface area contributed by atoms with E-state index in [1.54, 1.807) is 32.0 Å². The third-order valence-corrected chi connectivity index (χ3v) is 4.76. The van der Waals surface area contributed by atoms with Gasteiger partial charge in [0, 0.05) is 11.6 Å². The number of imide groups is 1. The smallest absolute Gasteiger partial charge is 0.328 e. The first-order valence-electron chi connectivity index (χ1n) is 8.07. The Labute approximate surface area is 156 Å². The molecule has 0 saturated heterocycles. The Balaban J connectivity index is 1.94. The van der Waals surface area contributed by atoms with E-state index in [0.29, 0.717) is 5.56 Å². The highest BCUT2D eigenvalue weighted by atomic mass is 32.2. The van der Waals surface area contributed by atoms with Crippen molar-refractivity contribution in [1.29, 1.82) is 0 Å². The second-order valence-corrected chi connectivity index (χ2v) is 7.67. The summed E-state index contributed by atoms with van der Waals surface area (Å²) in [6.07, 6.45) is -1.22. The van der Waals surface area contributed by atoms with E-state index in [9.17, 15) is 22.8 Å². The number of ether oxygens (including phenoxy) is 1. The van der Waals surface area contributed by atoms with Gasteiger partial charge in [-0.25, -0.2) is 13.2 Å². The van der Waals surface area contributed by atoms with Gasteiger partial charge in [0.2, 0.25) is 0 Å². The highest BCUT2D eigenvalue weighted by Crippen LogP contribution is 2.21. The van der Waals surface area contributed by atoms with Gasteiger partial charge in [-0.1, -0.05) is 12.1 Å². The van der Waals surface area contributed by atoms with Gasteiger partial charge >= 0.3 is 12.0 Å². The average Bonchev–Trinajstić information content (AvgIpc) is 2.83. The lowest BCUT2D eigenvalue weighted by Crippen LogP contribution is -2.46. The van der Waals surface area contributed by atoms with Crippen LogP contribution >= 0.6 is 0 Å². The molecule has 0 spiro atoms. The second-order valence-electron chi connectivity index (χ2n) is 6.02. The number of aliphatic imine (C=N–C) groups is 1. The second kappa shape index (κ2) is 8.16. The molecule has 0 saturated carbocycles. The fourth-order valence-corrected chi connectivity index (χ4v) is 3.45. The van der Waals surface area contributed by atoms with Crippen molar-refractivity contribution in [2.24, 2.45) is 4.99 Å². The minimum absolute atomic E-state index is 0.0240. The molecule has 3 N–H and O–H groups in total. The van der Waals surface area contributed by atoms with Gasteiger partial charge in [-0.05, 0) is 32.9 Å². The lowest BCUT2D eigenvalue weighted by Gasteiger charge is -2.13. The molecule has 0 aromatic heterocycles. The number of urea groups is 1. The summed E-state index contributed by atoms with van der Waals surface area (Å²) < 4.78 is 31.1. The zero-order valence-electron chi connectivity index (χ0n) is 15.0. The summed E-state index contributed by atoms with van der Waals surface area (Å²) >= 11 is 0. The number of rotatable bonds is 5. The number of nitrogens with one attached hydrogen (secondary N) is 3. The number of amides is 3. The van der Waals surface area contributed by atoms with Gasteiger partial charge in [0.1, 0.15) is 12.4 Å². The zero-order valence-corrected chi connectivity index (χ0v) is 15.8. The van der Waals surface area contributed by atoms with Crippen molar-refractivity contribution in [2.75, 3.05) is 6.54 Å². The average molecular weight is 396 g/mol. The maximum Gasteiger partial charge on any atom is 0.328 e. The minimum atomic E-state index is -3.70. The molecule has 1 aromatic carbocycles. The molecule has 1 heterocycles. The predicted molar refractivity (Wildman–Crippen MR) is 95.5 cm³/mol. The maximum absolute atomic E-state index is 12.0. The molecule has 1 unspecified atom stereocenters. The van der Waals surface area contributed by atoms with E-state index >= 15 is 0 Å². The maximum atomic E-state index is 12.0. The van der Waals surface area contributed by atoms with Crippen molar-refractivity contribution < 1.29 is 27.5 Å². The van der Waals surface area contributed by atoms with Crippen LogP contribution in [0.15, 0.2) is 34.2 Å². The summed E-state index contributed by atoms with van der Waals surface area (Å²) in [5.74, 6) is -1.62. The molecule has 3 amide bonds. The van der Waals surface area contributed by atoms with Crippen LogP contribution in [0.25, 0.3) is 0 Å². The Bertz CT molecular complexity index is 894. The van der Waals surface area contributed by atoms with Crippen molar-refractivity contribution in [3.05, 3.63) is 29.8 Å². The molecule has 0 bridgehead atoms. The minimum Gasteiger partial charge on any atom is -0.451 e. The van der Waals surface area contributed by atoms with E-state index < -0.39 is 40.6 Å². The molecule has 0 radical (unpaired) electrons. The summed E-state index contributed by atoms with van der Waals surface area (Å²) in [5.41, 5.74) is 0.349. The van der Waals surface area contributed by atoms with Crippen LogP contribution in [-0.4, -0.2) is 50.9 Å². The first-order valence-corrected chi connectivity index (χ1v) is 9.56. The fraction of sp³-hybridized carbons (Fsp3) is 0.375. The number of benzene rings is 1. The number of sulfonamides is 1. The predicted octanol–water partition coefficient (Wildman–Crippen LogP) is -0.109. The molecule has 146 valence electrons. The molecule has 1 atom stereocenters. The van der Waals surface area contributed by atoms with E-state index in [-0.39, 0.29) is 16.8 Å². The zero-order chi connectivity index (χ0) is 20.2. The number of hydrogen-bond donors (Lipinski definition) is 3. The van der Waals surface area contributed by atoms with E-state index in [1.807, 2.05) is 5.32 Å². The molecule has 27 heavy (non-hydrogen) atoms. The van der Waals surface area contributed by atoms with E-state index in [2.05, 4.69) is 15.0 Å². The van der Waals surface area contributed by atoms with Gasteiger partial charge < -0.3 is 10.1 Å². The molecule has 11 heteroatoms. The van der Waals surface area contributed by atoms with Crippen LogP contribution in [0.2, 0.25) is 0 Å². The van der Waals surface area contributed by atoms with Crippen LogP contribution < -0.4 is 15.4 Å². The number of carbonyl (C=O) groups is 3. The monoisotopic (exact) mass is 396 g/mol. The normalized spacial score (nSPS) is 17.0. The Hall–Kier alpha value is -2.95. The molecule has 0 fully saturated rings. The van der Waals surface area contributed by atoms with Crippen molar-refractivity contribution >= 4 is 33.8 Å². The third kappa shape index (κ3) is 5.26. The first kappa shape index (κ1) is 20.4. The van der Waals surface area contributed by atoms with Gasteiger partial charge in [-0.3, -0.25) is 24.6 Å². The molecule has 10 nitrogen and oxygen atoms in total.